The van der Waals surface area contributed by atoms with E-state index in [-0.39, 0.29) is 19.4 Å². The van der Waals surface area contributed by atoms with Gasteiger partial charge in [-0.2, -0.15) is 8.42 Å². The summed E-state index contributed by atoms with van der Waals surface area (Å²) >= 11 is 0. The topological polar surface area (TPSA) is 186 Å². The Morgan fingerprint density at radius 3 is 1.30 bits per heavy atom. The van der Waals surface area contributed by atoms with Crippen LogP contribution in [0.3, 0.4) is 0 Å². The summed E-state index contributed by atoms with van der Waals surface area (Å²) in [6.45, 7) is 3.77. The van der Waals surface area contributed by atoms with Crippen LogP contribution in [0.2, 0.25) is 0 Å². The normalized spacial score (nSPS) is 20.6. The standard InChI is InChI=1S/C43H82O12S/c1-3-5-7-9-11-13-15-17-19-21-23-25-27-29-31-38(44)52-33-36(34-53-43-42(48)41(47)40(46)37(55-43)35-56(49,50)51)54-39(45)32-30-28-26-24-22-20-18-16-14-12-10-8-6-4-2/h36-37,40-43,46-48H,3-35H2,1-2H3,(H,49,50,51)/t36?,37-,40-,41+,42-,43+/m1/s1. The Balaban J connectivity index is 2.44. The van der Waals surface area contributed by atoms with E-state index in [1.54, 1.807) is 0 Å². The highest BCUT2D eigenvalue weighted by Gasteiger charge is 2.46. The first-order chi connectivity index (χ1) is 27.0. The van der Waals surface area contributed by atoms with Crippen molar-refractivity contribution in [2.24, 2.45) is 0 Å². The highest BCUT2D eigenvalue weighted by molar-refractivity contribution is 7.85. The van der Waals surface area contributed by atoms with E-state index in [4.69, 9.17) is 18.9 Å². The Bertz CT molecular complexity index is 1060. The zero-order chi connectivity index (χ0) is 41.3. The maximum absolute atomic E-state index is 12.8. The number of ether oxygens (including phenoxy) is 4. The second-order valence-electron chi connectivity index (χ2n) is 16.1. The molecule has 13 heteroatoms. The molecule has 0 saturated carbocycles. The zero-order valence-electron chi connectivity index (χ0n) is 35.3. The second-order valence-corrected chi connectivity index (χ2v) is 17.6. The van der Waals surface area contributed by atoms with Crippen molar-refractivity contribution in [3.05, 3.63) is 0 Å². The first-order valence-electron chi connectivity index (χ1n) is 22.6. The van der Waals surface area contributed by atoms with E-state index < -0.39 is 71.2 Å². The van der Waals surface area contributed by atoms with E-state index in [9.17, 15) is 37.9 Å². The molecule has 1 fully saturated rings. The molecule has 12 nitrogen and oxygen atoms in total. The lowest BCUT2D eigenvalue weighted by Crippen LogP contribution is -2.60. The SMILES string of the molecule is CCCCCCCCCCCCCCCCC(=O)OCC(CO[C@H]1O[C@H](CS(=O)(=O)O)[C@@H](O)[C@H](O)[C@H]1O)OC(=O)CCCCCCCCCCCCCCCC. The first kappa shape index (κ1) is 52.7. The number of esters is 2. The molecular formula is C43H82O12S. The Morgan fingerprint density at radius 2 is 0.911 bits per heavy atom. The van der Waals surface area contributed by atoms with Crippen LogP contribution >= 0.6 is 0 Å². The Labute approximate surface area is 340 Å². The van der Waals surface area contributed by atoms with E-state index >= 15 is 0 Å². The zero-order valence-corrected chi connectivity index (χ0v) is 36.1. The number of carbonyl (C=O) groups excluding carboxylic acids is 2. The van der Waals surface area contributed by atoms with Crippen LogP contribution in [0.15, 0.2) is 0 Å². The largest absolute Gasteiger partial charge is 0.462 e. The highest BCUT2D eigenvalue weighted by Crippen LogP contribution is 2.24. The average molecular weight is 823 g/mol. The van der Waals surface area contributed by atoms with Gasteiger partial charge >= 0.3 is 11.9 Å². The molecule has 56 heavy (non-hydrogen) atoms. The Hall–Kier alpha value is -1.35. The lowest BCUT2D eigenvalue weighted by molar-refractivity contribution is -0.297. The molecule has 1 aliphatic heterocycles. The van der Waals surface area contributed by atoms with Crippen molar-refractivity contribution < 1.29 is 56.8 Å². The van der Waals surface area contributed by atoms with Crippen LogP contribution in [0, 0.1) is 0 Å². The van der Waals surface area contributed by atoms with Gasteiger partial charge in [-0.15, -0.1) is 0 Å². The van der Waals surface area contributed by atoms with E-state index in [0.29, 0.717) is 12.8 Å². The van der Waals surface area contributed by atoms with Gasteiger partial charge in [-0.3, -0.25) is 14.1 Å². The maximum Gasteiger partial charge on any atom is 0.306 e. The fourth-order valence-corrected chi connectivity index (χ4v) is 7.84. The summed E-state index contributed by atoms with van der Waals surface area (Å²) in [5.41, 5.74) is 0. The summed E-state index contributed by atoms with van der Waals surface area (Å²) in [6.07, 6.45) is 24.3. The van der Waals surface area contributed by atoms with Gasteiger partial charge in [0.1, 0.15) is 36.8 Å². The van der Waals surface area contributed by atoms with Crippen LogP contribution in [-0.2, 0) is 38.7 Å². The van der Waals surface area contributed by atoms with E-state index in [1.807, 2.05) is 0 Å². The summed E-state index contributed by atoms with van der Waals surface area (Å²) in [5.74, 6) is -1.96. The van der Waals surface area contributed by atoms with Crippen molar-refractivity contribution in [1.82, 2.24) is 0 Å². The lowest BCUT2D eigenvalue weighted by atomic mass is 10.00. The molecule has 0 aromatic carbocycles. The third-order valence-corrected chi connectivity index (χ3v) is 11.4. The van der Waals surface area contributed by atoms with Crippen molar-refractivity contribution in [3.63, 3.8) is 0 Å². The molecule has 0 spiro atoms. The van der Waals surface area contributed by atoms with Gasteiger partial charge in [-0.25, -0.2) is 0 Å². The summed E-state index contributed by atoms with van der Waals surface area (Å²) in [4.78, 5) is 25.4. The first-order valence-corrected chi connectivity index (χ1v) is 24.2. The molecule has 332 valence electrons. The molecule has 1 heterocycles. The molecule has 0 aliphatic carbocycles. The number of carbonyl (C=O) groups is 2. The van der Waals surface area contributed by atoms with Crippen LogP contribution in [0.25, 0.3) is 0 Å². The minimum Gasteiger partial charge on any atom is -0.462 e. The van der Waals surface area contributed by atoms with Crippen LogP contribution in [-0.4, -0.2) is 96.0 Å². The number of rotatable bonds is 38. The van der Waals surface area contributed by atoms with Crippen LogP contribution in [0.4, 0.5) is 0 Å². The highest BCUT2D eigenvalue weighted by atomic mass is 32.2. The number of hydrogen-bond donors (Lipinski definition) is 4. The molecule has 0 aromatic rings. The molecule has 4 N–H and O–H groups in total. The van der Waals surface area contributed by atoms with Gasteiger partial charge in [0.05, 0.1) is 6.61 Å². The van der Waals surface area contributed by atoms with Crippen molar-refractivity contribution in [3.8, 4) is 0 Å². The van der Waals surface area contributed by atoms with Crippen LogP contribution < -0.4 is 0 Å². The maximum atomic E-state index is 12.8. The quantitative estimate of drug-likeness (QED) is 0.0264. The van der Waals surface area contributed by atoms with Crippen LogP contribution in [0.1, 0.15) is 206 Å². The molecule has 1 saturated heterocycles. The molecule has 6 atom stereocenters. The third kappa shape index (κ3) is 29.0. The second kappa shape index (κ2) is 34.5. The van der Waals surface area contributed by atoms with Gasteiger partial charge in [-0.1, -0.05) is 181 Å². The predicted octanol–water partition coefficient (Wildman–Crippen LogP) is 8.90. The lowest BCUT2D eigenvalue weighted by Gasteiger charge is -2.40. The summed E-state index contributed by atoms with van der Waals surface area (Å²) < 4.78 is 54.0. The monoisotopic (exact) mass is 823 g/mol. The Kier molecular flexibility index (Phi) is 32.5. The van der Waals surface area contributed by atoms with Crippen molar-refractivity contribution in [2.45, 2.75) is 243 Å². The van der Waals surface area contributed by atoms with Gasteiger partial charge < -0.3 is 34.3 Å². The number of aliphatic hydroxyl groups excluding tert-OH is 3. The molecule has 0 bridgehead atoms. The van der Waals surface area contributed by atoms with Crippen LogP contribution in [0.5, 0.6) is 0 Å². The summed E-state index contributed by atoms with van der Waals surface area (Å²) in [6, 6.07) is 0. The van der Waals surface area contributed by atoms with E-state index in [2.05, 4.69) is 13.8 Å². The van der Waals surface area contributed by atoms with Gasteiger partial charge in [0.15, 0.2) is 12.4 Å². The molecule has 1 rings (SSSR count). The van der Waals surface area contributed by atoms with Gasteiger partial charge in [0.2, 0.25) is 0 Å². The van der Waals surface area contributed by atoms with Gasteiger partial charge in [0.25, 0.3) is 10.1 Å². The fraction of sp³-hybridized carbons (Fsp3) is 0.953. The van der Waals surface area contributed by atoms with E-state index in [1.165, 1.54) is 128 Å². The van der Waals surface area contributed by atoms with Crippen molar-refractivity contribution in [2.75, 3.05) is 19.0 Å². The van der Waals surface area contributed by atoms with Gasteiger partial charge in [-0.05, 0) is 12.8 Å². The number of hydrogen-bond acceptors (Lipinski definition) is 11. The third-order valence-electron chi connectivity index (χ3n) is 10.7. The Morgan fingerprint density at radius 1 is 0.536 bits per heavy atom. The minimum atomic E-state index is -4.59. The number of aliphatic hydroxyl groups is 3. The molecule has 0 radical (unpaired) electrons. The smallest absolute Gasteiger partial charge is 0.306 e. The summed E-state index contributed by atoms with van der Waals surface area (Å²) in [5, 5.41) is 30.8. The molecule has 1 unspecified atom stereocenters. The average Bonchev–Trinajstić information content (AvgIpc) is 3.16. The van der Waals surface area contributed by atoms with Crippen molar-refractivity contribution in [1.29, 1.82) is 0 Å². The summed E-state index contributed by atoms with van der Waals surface area (Å²) in [7, 11) is -4.59. The van der Waals surface area contributed by atoms with E-state index in [0.717, 1.165) is 38.5 Å². The number of unbranched alkanes of at least 4 members (excludes halogenated alkanes) is 26. The molecule has 0 aromatic heterocycles. The minimum absolute atomic E-state index is 0.172. The molecule has 1 aliphatic rings. The predicted molar refractivity (Wildman–Crippen MR) is 220 cm³/mol. The van der Waals surface area contributed by atoms with Crippen molar-refractivity contribution >= 4 is 22.1 Å². The molecule has 0 amide bonds. The fourth-order valence-electron chi connectivity index (χ4n) is 7.15. The van der Waals surface area contributed by atoms with Gasteiger partial charge in [0, 0.05) is 12.8 Å². The molecular weight excluding hydrogens is 741 g/mol.